The van der Waals surface area contributed by atoms with Gasteiger partial charge in [-0.2, -0.15) is 0 Å². The molecule has 0 amide bonds. The van der Waals surface area contributed by atoms with Gasteiger partial charge < -0.3 is 5.32 Å². The summed E-state index contributed by atoms with van der Waals surface area (Å²) in [6, 6.07) is 5.43. The molecule has 0 aliphatic carbocycles. The molecule has 1 aromatic rings. The van der Waals surface area contributed by atoms with Crippen LogP contribution in [0.1, 0.15) is 33.3 Å². The molecule has 0 spiro atoms. The van der Waals surface area contributed by atoms with E-state index in [0.29, 0.717) is 23.9 Å². The highest BCUT2D eigenvalue weighted by molar-refractivity contribution is 5.09. The third-order valence-corrected chi connectivity index (χ3v) is 4.17. The molecule has 19 heavy (non-hydrogen) atoms. The van der Waals surface area contributed by atoms with Crippen LogP contribution in [0.4, 0.5) is 0 Å². The van der Waals surface area contributed by atoms with Crippen LogP contribution < -0.4 is 5.32 Å². The fourth-order valence-electron chi connectivity index (χ4n) is 2.87. The molecule has 2 rings (SSSR count). The molecule has 1 fully saturated rings. The Bertz CT molecular complexity index is 375. The van der Waals surface area contributed by atoms with Crippen molar-refractivity contribution >= 4 is 0 Å². The van der Waals surface area contributed by atoms with E-state index in [0.717, 1.165) is 19.6 Å². The molecule has 0 radical (unpaired) electrons. The SMILES string of the molecule is CC(C)C1CN(Cc2cccnc2)C(C(C)C)CN1. The van der Waals surface area contributed by atoms with Crippen molar-refractivity contribution in [1.29, 1.82) is 0 Å². The molecule has 0 aromatic carbocycles. The average Bonchev–Trinajstić information content (AvgIpc) is 2.39. The van der Waals surface area contributed by atoms with Crippen LogP contribution in [0.5, 0.6) is 0 Å². The zero-order valence-corrected chi connectivity index (χ0v) is 12.6. The summed E-state index contributed by atoms with van der Waals surface area (Å²) in [5, 5.41) is 3.71. The van der Waals surface area contributed by atoms with E-state index in [1.807, 2.05) is 18.5 Å². The van der Waals surface area contributed by atoms with Crippen LogP contribution in [0.2, 0.25) is 0 Å². The summed E-state index contributed by atoms with van der Waals surface area (Å²) in [4.78, 5) is 6.86. The van der Waals surface area contributed by atoms with Gasteiger partial charge in [0.15, 0.2) is 0 Å². The predicted octanol–water partition coefficient (Wildman–Crippen LogP) is 2.54. The first kappa shape index (κ1) is 14.5. The van der Waals surface area contributed by atoms with Gasteiger partial charge in [0.1, 0.15) is 0 Å². The van der Waals surface area contributed by atoms with Gasteiger partial charge >= 0.3 is 0 Å². The maximum absolute atomic E-state index is 4.23. The molecule has 0 saturated carbocycles. The highest BCUT2D eigenvalue weighted by atomic mass is 15.2. The summed E-state index contributed by atoms with van der Waals surface area (Å²) in [5.74, 6) is 1.36. The van der Waals surface area contributed by atoms with Gasteiger partial charge in [0.25, 0.3) is 0 Å². The van der Waals surface area contributed by atoms with Crippen molar-refractivity contribution < 1.29 is 0 Å². The lowest BCUT2D eigenvalue weighted by atomic mass is 9.94. The topological polar surface area (TPSA) is 28.2 Å². The average molecular weight is 261 g/mol. The predicted molar refractivity (Wildman–Crippen MR) is 79.9 cm³/mol. The summed E-state index contributed by atoms with van der Waals surface area (Å²) < 4.78 is 0. The molecule has 2 unspecified atom stereocenters. The first-order valence-electron chi connectivity index (χ1n) is 7.44. The Morgan fingerprint density at radius 3 is 2.68 bits per heavy atom. The third-order valence-electron chi connectivity index (χ3n) is 4.17. The second-order valence-corrected chi connectivity index (χ2v) is 6.36. The maximum Gasteiger partial charge on any atom is 0.0312 e. The molecule has 1 aliphatic heterocycles. The summed E-state index contributed by atoms with van der Waals surface area (Å²) in [6.45, 7) is 12.5. The lowest BCUT2D eigenvalue weighted by molar-refractivity contribution is 0.0783. The van der Waals surface area contributed by atoms with Crippen LogP contribution >= 0.6 is 0 Å². The Morgan fingerprint density at radius 1 is 1.32 bits per heavy atom. The largest absolute Gasteiger partial charge is 0.311 e. The van der Waals surface area contributed by atoms with Crippen LogP contribution in [0.25, 0.3) is 0 Å². The van der Waals surface area contributed by atoms with Crippen LogP contribution in [0.3, 0.4) is 0 Å². The Morgan fingerprint density at radius 2 is 2.11 bits per heavy atom. The van der Waals surface area contributed by atoms with Gasteiger partial charge in [-0.05, 0) is 23.5 Å². The van der Waals surface area contributed by atoms with E-state index in [-0.39, 0.29) is 0 Å². The second-order valence-electron chi connectivity index (χ2n) is 6.36. The molecule has 1 saturated heterocycles. The number of nitrogens with zero attached hydrogens (tertiary/aromatic N) is 2. The number of nitrogens with one attached hydrogen (secondary N) is 1. The van der Waals surface area contributed by atoms with Gasteiger partial charge in [-0.15, -0.1) is 0 Å². The number of hydrogen-bond acceptors (Lipinski definition) is 3. The van der Waals surface area contributed by atoms with Gasteiger partial charge in [0.05, 0.1) is 0 Å². The van der Waals surface area contributed by atoms with E-state index in [1.54, 1.807) is 0 Å². The lowest BCUT2D eigenvalue weighted by Gasteiger charge is -2.43. The van der Waals surface area contributed by atoms with E-state index in [2.05, 4.69) is 49.0 Å². The summed E-state index contributed by atoms with van der Waals surface area (Å²) in [6.07, 6.45) is 3.84. The molecule has 106 valence electrons. The van der Waals surface area contributed by atoms with Gasteiger partial charge in [-0.3, -0.25) is 9.88 Å². The van der Waals surface area contributed by atoms with Crippen molar-refractivity contribution in [3.63, 3.8) is 0 Å². The van der Waals surface area contributed by atoms with E-state index < -0.39 is 0 Å². The van der Waals surface area contributed by atoms with Crippen molar-refractivity contribution in [2.45, 2.75) is 46.3 Å². The Balaban J connectivity index is 2.07. The summed E-state index contributed by atoms with van der Waals surface area (Å²) >= 11 is 0. The summed E-state index contributed by atoms with van der Waals surface area (Å²) in [7, 11) is 0. The minimum Gasteiger partial charge on any atom is -0.311 e. The molecule has 3 heteroatoms. The Labute approximate surface area is 117 Å². The number of pyridine rings is 1. The Kier molecular flexibility index (Phi) is 4.94. The van der Waals surface area contributed by atoms with Crippen molar-refractivity contribution in [2.24, 2.45) is 11.8 Å². The minimum atomic E-state index is 0.603. The fourth-order valence-corrected chi connectivity index (χ4v) is 2.87. The molecule has 2 atom stereocenters. The van der Waals surface area contributed by atoms with Crippen molar-refractivity contribution in [3.05, 3.63) is 30.1 Å². The van der Waals surface area contributed by atoms with Crippen LogP contribution in [-0.2, 0) is 6.54 Å². The minimum absolute atomic E-state index is 0.603. The van der Waals surface area contributed by atoms with Crippen LogP contribution in [0.15, 0.2) is 24.5 Å². The van der Waals surface area contributed by atoms with Gasteiger partial charge in [0, 0.05) is 44.1 Å². The van der Waals surface area contributed by atoms with E-state index >= 15 is 0 Å². The zero-order valence-electron chi connectivity index (χ0n) is 12.6. The second kappa shape index (κ2) is 6.49. The molecule has 2 heterocycles. The van der Waals surface area contributed by atoms with Crippen LogP contribution in [-0.4, -0.2) is 35.1 Å². The maximum atomic E-state index is 4.23. The van der Waals surface area contributed by atoms with Crippen molar-refractivity contribution in [1.82, 2.24) is 15.2 Å². The quantitative estimate of drug-likeness (QED) is 0.903. The van der Waals surface area contributed by atoms with E-state index in [1.165, 1.54) is 5.56 Å². The molecule has 1 aromatic heterocycles. The smallest absolute Gasteiger partial charge is 0.0312 e. The van der Waals surface area contributed by atoms with Crippen LogP contribution in [0, 0.1) is 11.8 Å². The summed E-state index contributed by atoms with van der Waals surface area (Å²) in [5.41, 5.74) is 1.32. The fraction of sp³-hybridized carbons (Fsp3) is 0.688. The highest BCUT2D eigenvalue weighted by Gasteiger charge is 2.30. The van der Waals surface area contributed by atoms with Crippen molar-refractivity contribution in [3.8, 4) is 0 Å². The molecular weight excluding hydrogens is 234 g/mol. The number of hydrogen-bond donors (Lipinski definition) is 1. The van der Waals surface area contributed by atoms with E-state index in [9.17, 15) is 0 Å². The standard InChI is InChI=1S/C16H27N3/c1-12(2)15-11-19(16(9-18-15)13(3)4)10-14-6-5-7-17-8-14/h5-8,12-13,15-16,18H,9-11H2,1-4H3. The molecule has 1 N–H and O–H groups in total. The lowest BCUT2D eigenvalue weighted by Crippen LogP contribution is -2.59. The monoisotopic (exact) mass is 261 g/mol. The molecule has 0 bridgehead atoms. The normalized spacial score (nSPS) is 25.2. The molecular formula is C16H27N3. The third kappa shape index (κ3) is 3.77. The van der Waals surface area contributed by atoms with Gasteiger partial charge in [0.2, 0.25) is 0 Å². The number of piperazine rings is 1. The number of aromatic nitrogens is 1. The van der Waals surface area contributed by atoms with E-state index in [4.69, 9.17) is 0 Å². The molecule has 3 nitrogen and oxygen atoms in total. The van der Waals surface area contributed by atoms with Gasteiger partial charge in [-0.1, -0.05) is 33.8 Å². The first-order chi connectivity index (χ1) is 9.08. The van der Waals surface area contributed by atoms with Crippen molar-refractivity contribution in [2.75, 3.05) is 13.1 Å². The number of rotatable bonds is 4. The van der Waals surface area contributed by atoms with Gasteiger partial charge in [-0.25, -0.2) is 0 Å². The Hall–Kier alpha value is -0.930. The first-order valence-corrected chi connectivity index (χ1v) is 7.44. The zero-order chi connectivity index (χ0) is 13.8. The molecule has 1 aliphatic rings. The highest BCUT2D eigenvalue weighted by Crippen LogP contribution is 2.20.